The highest BCUT2D eigenvalue weighted by atomic mass is 32.2. The predicted octanol–water partition coefficient (Wildman–Crippen LogP) is 2.90. The molecule has 0 bridgehead atoms. The second kappa shape index (κ2) is 9.24. The van der Waals surface area contributed by atoms with Gasteiger partial charge in [0.15, 0.2) is 27.4 Å². The van der Waals surface area contributed by atoms with Crippen LogP contribution in [0.3, 0.4) is 0 Å². The molecule has 1 N–H and O–H groups in total. The number of rotatable bonds is 6. The second-order valence-corrected chi connectivity index (χ2v) is 12.1. The maximum Gasteiger partial charge on any atom is 0.331 e. The van der Waals surface area contributed by atoms with E-state index in [4.69, 9.17) is 4.74 Å². The van der Waals surface area contributed by atoms with Gasteiger partial charge in [-0.1, -0.05) is 66.7 Å². The molecule has 0 radical (unpaired) electrons. The van der Waals surface area contributed by atoms with Crippen molar-refractivity contribution in [1.82, 2.24) is 9.88 Å². The van der Waals surface area contributed by atoms with E-state index in [0.29, 0.717) is 16.8 Å². The summed E-state index contributed by atoms with van der Waals surface area (Å²) < 4.78 is 31.7. The number of fused-ring (bicyclic) bond motifs is 1. The van der Waals surface area contributed by atoms with E-state index < -0.39 is 50.6 Å². The van der Waals surface area contributed by atoms with Gasteiger partial charge in [0.2, 0.25) is 0 Å². The topological polar surface area (TPSA) is 114 Å². The third kappa shape index (κ3) is 3.86. The van der Waals surface area contributed by atoms with Crippen LogP contribution in [-0.2, 0) is 24.2 Å². The molecule has 9 heteroatoms. The second-order valence-electron chi connectivity index (χ2n) is 9.52. The molecule has 1 amide bonds. The Bertz CT molecular complexity index is 1430. The number of carbonyl (C=O) groups excluding carboxylic acids is 2. The van der Waals surface area contributed by atoms with Crippen molar-refractivity contribution in [2.75, 3.05) is 6.61 Å². The molecule has 0 spiro atoms. The predicted molar refractivity (Wildman–Crippen MR) is 136 cm³/mol. The summed E-state index contributed by atoms with van der Waals surface area (Å²) >= 11 is 0. The van der Waals surface area contributed by atoms with Crippen molar-refractivity contribution in [1.29, 1.82) is 0 Å². The number of ether oxygens (including phenoxy) is 1. The molecule has 37 heavy (non-hydrogen) atoms. The quantitative estimate of drug-likeness (QED) is 0.303. The molecule has 3 aromatic rings. The lowest BCUT2D eigenvalue weighted by atomic mass is 9.91. The van der Waals surface area contributed by atoms with Crippen LogP contribution in [0, 0.1) is 0 Å². The summed E-state index contributed by atoms with van der Waals surface area (Å²) in [5, 5.41) is 8.67. The van der Waals surface area contributed by atoms with Gasteiger partial charge < -0.3 is 14.7 Å². The van der Waals surface area contributed by atoms with Gasteiger partial charge in [0.25, 0.3) is 5.91 Å². The molecular weight excluding hydrogens is 492 g/mol. The lowest BCUT2D eigenvalue weighted by Crippen LogP contribution is -2.59. The number of benzene rings is 2. The zero-order chi connectivity index (χ0) is 26.4. The van der Waals surface area contributed by atoms with Crippen molar-refractivity contribution < 1.29 is 27.9 Å². The van der Waals surface area contributed by atoms with Crippen molar-refractivity contribution in [3.8, 4) is 0 Å². The monoisotopic (exact) mass is 518 g/mol. The number of amides is 1. The Morgan fingerprint density at radius 1 is 1.00 bits per heavy atom. The van der Waals surface area contributed by atoms with Crippen molar-refractivity contribution in [3.63, 3.8) is 0 Å². The van der Waals surface area contributed by atoms with Crippen LogP contribution in [0.5, 0.6) is 0 Å². The molecule has 3 heterocycles. The summed E-state index contributed by atoms with van der Waals surface area (Å²) in [5.74, 6) is -1.45. The first-order chi connectivity index (χ1) is 17.7. The van der Waals surface area contributed by atoms with E-state index in [0.717, 1.165) is 4.90 Å². The van der Waals surface area contributed by atoms with Gasteiger partial charge >= 0.3 is 5.97 Å². The van der Waals surface area contributed by atoms with E-state index in [1.165, 1.54) is 20.0 Å². The maximum atomic E-state index is 13.7. The fraction of sp³-hybridized carbons (Fsp3) is 0.250. The highest BCUT2D eigenvalue weighted by molar-refractivity contribution is 7.94. The van der Waals surface area contributed by atoms with Gasteiger partial charge in [-0.25, -0.2) is 13.2 Å². The highest BCUT2D eigenvalue weighted by Crippen LogP contribution is 2.50. The van der Waals surface area contributed by atoms with Crippen LogP contribution in [0.25, 0.3) is 5.57 Å². The molecular formula is C28H26N2O6S. The molecule has 1 unspecified atom stereocenters. The SMILES string of the molecule is CC1(C)[C@H](C(=O)OC(c2ccccc2)c2ccccc2)N2C(=O)/C(=C(\CO)c3ccccn3)C2S1(=O)=O. The summed E-state index contributed by atoms with van der Waals surface area (Å²) in [6, 6.07) is 21.8. The van der Waals surface area contributed by atoms with Gasteiger partial charge in [0, 0.05) is 11.8 Å². The number of carbonyl (C=O) groups is 2. The summed E-state index contributed by atoms with van der Waals surface area (Å²) in [6.07, 6.45) is 0.702. The molecule has 2 saturated heterocycles. The molecule has 5 rings (SSSR count). The molecule has 2 aromatic carbocycles. The van der Waals surface area contributed by atoms with Gasteiger partial charge in [-0.3, -0.25) is 9.78 Å². The van der Waals surface area contributed by atoms with Crippen LogP contribution in [-0.4, -0.2) is 58.1 Å². The Kier molecular flexibility index (Phi) is 6.21. The van der Waals surface area contributed by atoms with Gasteiger partial charge in [0.1, 0.15) is 4.75 Å². The van der Waals surface area contributed by atoms with Crippen LogP contribution in [0.2, 0.25) is 0 Å². The first kappa shape index (κ1) is 24.9. The van der Waals surface area contributed by atoms with Crippen LogP contribution in [0.1, 0.15) is 36.8 Å². The highest BCUT2D eigenvalue weighted by Gasteiger charge is 2.71. The first-order valence-corrected chi connectivity index (χ1v) is 13.4. The van der Waals surface area contributed by atoms with E-state index in [1.54, 1.807) is 18.2 Å². The Labute approximate surface area is 215 Å². The Balaban J connectivity index is 1.54. The third-order valence-corrected chi connectivity index (χ3v) is 9.79. The van der Waals surface area contributed by atoms with E-state index in [1.807, 2.05) is 60.7 Å². The van der Waals surface area contributed by atoms with Crippen molar-refractivity contribution in [2.45, 2.75) is 36.1 Å². The average molecular weight is 519 g/mol. The van der Waals surface area contributed by atoms with E-state index >= 15 is 0 Å². The number of aromatic nitrogens is 1. The fourth-order valence-corrected chi connectivity index (χ4v) is 7.21. The Morgan fingerprint density at radius 2 is 1.57 bits per heavy atom. The number of β-lactam (4-membered cyclic amide) rings is 1. The average Bonchev–Trinajstić information content (AvgIpc) is 3.06. The normalized spacial score (nSPS) is 22.8. The minimum atomic E-state index is -4.06. The summed E-state index contributed by atoms with van der Waals surface area (Å²) in [5.41, 5.74) is 1.80. The molecule has 0 aliphatic carbocycles. The molecule has 0 saturated carbocycles. The summed E-state index contributed by atoms with van der Waals surface area (Å²) in [7, 11) is -4.06. The largest absolute Gasteiger partial charge is 0.451 e. The fourth-order valence-electron chi connectivity index (χ4n) is 5.05. The summed E-state index contributed by atoms with van der Waals surface area (Å²) in [6.45, 7) is 2.28. The van der Waals surface area contributed by atoms with Gasteiger partial charge in [-0.2, -0.15) is 0 Å². The molecule has 2 aliphatic rings. The Morgan fingerprint density at radius 3 is 2.08 bits per heavy atom. The number of nitrogens with zero attached hydrogens (tertiary/aromatic N) is 2. The minimum Gasteiger partial charge on any atom is -0.451 e. The zero-order valence-electron chi connectivity index (χ0n) is 20.3. The molecule has 190 valence electrons. The number of aliphatic hydroxyl groups excluding tert-OH is 1. The molecule has 2 atom stereocenters. The van der Waals surface area contributed by atoms with Crippen molar-refractivity contribution in [3.05, 3.63) is 107 Å². The van der Waals surface area contributed by atoms with Gasteiger partial charge in [-0.05, 0) is 37.1 Å². The molecule has 1 aromatic heterocycles. The standard InChI is InChI=1S/C28H26N2O6S/c1-28(2)24(27(33)36-23(18-11-5-3-6-12-18)19-13-7-4-8-14-19)30-25(32)22(26(30)37(28,34)35)20(17-31)21-15-9-10-16-29-21/h3-16,23-24,26,31H,17H2,1-2H3/b22-20-/t24-,26?/m0/s1. The number of pyridine rings is 1. The minimum absolute atomic E-state index is 0.0627. The Hall–Kier alpha value is -3.82. The van der Waals surface area contributed by atoms with Crippen molar-refractivity contribution >= 4 is 27.3 Å². The number of hydrogen-bond donors (Lipinski definition) is 1. The number of aliphatic hydroxyl groups is 1. The van der Waals surface area contributed by atoms with E-state index in [9.17, 15) is 23.1 Å². The number of hydrogen-bond acceptors (Lipinski definition) is 7. The summed E-state index contributed by atoms with van der Waals surface area (Å²) in [4.78, 5) is 32.3. The molecule has 2 aliphatic heterocycles. The van der Waals surface area contributed by atoms with Gasteiger partial charge in [-0.15, -0.1) is 0 Å². The van der Waals surface area contributed by atoms with Crippen LogP contribution in [0.4, 0.5) is 0 Å². The maximum absolute atomic E-state index is 13.7. The van der Waals surface area contributed by atoms with E-state index in [-0.39, 0.29) is 11.1 Å². The smallest absolute Gasteiger partial charge is 0.331 e. The zero-order valence-corrected chi connectivity index (χ0v) is 21.1. The lowest BCUT2D eigenvalue weighted by Gasteiger charge is -2.40. The number of esters is 1. The van der Waals surface area contributed by atoms with Crippen LogP contribution < -0.4 is 0 Å². The molecule has 2 fully saturated rings. The molecule has 8 nitrogen and oxygen atoms in total. The van der Waals surface area contributed by atoms with E-state index in [2.05, 4.69) is 4.98 Å². The van der Waals surface area contributed by atoms with Crippen LogP contribution >= 0.6 is 0 Å². The van der Waals surface area contributed by atoms with Crippen molar-refractivity contribution in [2.24, 2.45) is 0 Å². The first-order valence-electron chi connectivity index (χ1n) is 11.8. The van der Waals surface area contributed by atoms with Gasteiger partial charge in [0.05, 0.1) is 17.9 Å². The number of sulfone groups is 1. The third-order valence-electron chi connectivity index (χ3n) is 7.05. The van der Waals surface area contributed by atoms with Crippen LogP contribution in [0.15, 0.2) is 90.6 Å². The lowest BCUT2D eigenvalue weighted by molar-refractivity contribution is -0.160.